The Morgan fingerprint density at radius 3 is 2.72 bits per heavy atom. The van der Waals surface area contributed by atoms with Crippen LogP contribution in [0.25, 0.3) is 0 Å². The molecule has 0 atom stereocenters. The van der Waals surface area contributed by atoms with Crippen molar-refractivity contribution in [1.82, 2.24) is 4.90 Å². The van der Waals surface area contributed by atoms with Gasteiger partial charge >= 0.3 is 0 Å². The van der Waals surface area contributed by atoms with Gasteiger partial charge in [-0.1, -0.05) is 0 Å². The van der Waals surface area contributed by atoms with Gasteiger partial charge in [0.25, 0.3) is 0 Å². The van der Waals surface area contributed by atoms with Crippen molar-refractivity contribution in [3.8, 4) is 5.75 Å². The van der Waals surface area contributed by atoms with Gasteiger partial charge < -0.3 is 10.0 Å². The van der Waals surface area contributed by atoms with Crippen LogP contribution in [-0.2, 0) is 0 Å². The van der Waals surface area contributed by atoms with E-state index in [1.54, 1.807) is 6.20 Å². The first-order valence-corrected chi connectivity index (χ1v) is 6.12. The van der Waals surface area contributed by atoms with Gasteiger partial charge in [0.05, 0.1) is 5.56 Å². The lowest BCUT2D eigenvalue weighted by atomic mass is 10.1. The molecular weight excluding hydrogens is 233 g/mol. The fourth-order valence-corrected chi connectivity index (χ4v) is 2.04. The molecule has 1 heterocycles. The molecule has 1 aromatic carbocycles. The number of ketones is 1. The maximum Gasteiger partial charge on any atom is 0.191 e. The fourth-order valence-electron chi connectivity index (χ4n) is 2.04. The minimum Gasteiger partial charge on any atom is -0.507 e. The Balaban J connectivity index is 2.06. The van der Waals surface area contributed by atoms with E-state index in [9.17, 15) is 14.3 Å². The van der Waals surface area contributed by atoms with E-state index in [0.29, 0.717) is 0 Å². The van der Waals surface area contributed by atoms with Gasteiger partial charge in [0, 0.05) is 25.4 Å². The zero-order valence-corrected chi connectivity index (χ0v) is 10.1. The van der Waals surface area contributed by atoms with E-state index in [1.165, 1.54) is 18.6 Å². The zero-order valence-electron chi connectivity index (χ0n) is 10.1. The van der Waals surface area contributed by atoms with Crippen LogP contribution in [0.5, 0.6) is 5.75 Å². The van der Waals surface area contributed by atoms with Crippen LogP contribution in [-0.4, -0.2) is 28.9 Å². The van der Waals surface area contributed by atoms with E-state index in [2.05, 4.69) is 4.90 Å². The number of likely N-dealkylation sites (tertiary alicyclic amines) is 1. The molecule has 96 valence electrons. The van der Waals surface area contributed by atoms with Gasteiger partial charge in [-0.3, -0.25) is 4.79 Å². The number of piperidine rings is 1. The molecule has 4 heteroatoms. The highest BCUT2D eigenvalue weighted by Gasteiger charge is 2.11. The minimum atomic E-state index is -0.525. The Kier molecular flexibility index (Phi) is 3.97. The number of rotatable bonds is 3. The lowest BCUT2D eigenvalue weighted by Crippen LogP contribution is -2.24. The quantitative estimate of drug-likeness (QED) is 0.661. The maximum atomic E-state index is 13.0. The molecule has 0 aliphatic carbocycles. The SMILES string of the molecule is O=C(/C=C/N1CCCCC1)c1cc(F)ccc1O. The smallest absolute Gasteiger partial charge is 0.191 e. The summed E-state index contributed by atoms with van der Waals surface area (Å²) in [4.78, 5) is 13.9. The van der Waals surface area contributed by atoms with Crippen LogP contribution in [0.15, 0.2) is 30.5 Å². The monoisotopic (exact) mass is 249 g/mol. The van der Waals surface area contributed by atoms with Crippen molar-refractivity contribution in [3.05, 3.63) is 41.9 Å². The van der Waals surface area contributed by atoms with Gasteiger partial charge in [-0.2, -0.15) is 0 Å². The average molecular weight is 249 g/mol. The summed E-state index contributed by atoms with van der Waals surface area (Å²) in [6.45, 7) is 1.89. The molecular formula is C14H16FNO2. The van der Waals surface area contributed by atoms with E-state index < -0.39 is 5.82 Å². The van der Waals surface area contributed by atoms with E-state index in [-0.39, 0.29) is 17.1 Å². The van der Waals surface area contributed by atoms with Crippen molar-refractivity contribution < 1.29 is 14.3 Å². The van der Waals surface area contributed by atoms with Gasteiger partial charge in [0.15, 0.2) is 5.78 Å². The molecule has 1 aromatic rings. The maximum absolute atomic E-state index is 13.0. The second-order valence-corrected chi connectivity index (χ2v) is 4.44. The number of hydrogen-bond acceptors (Lipinski definition) is 3. The van der Waals surface area contributed by atoms with E-state index in [4.69, 9.17) is 0 Å². The minimum absolute atomic E-state index is 0.00302. The van der Waals surface area contributed by atoms with E-state index >= 15 is 0 Å². The van der Waals surface area contributed by atoms with Crippen LogP contribution in [0.1, 0.15) is 29.6 Å². The molecule has 18 heavy (non-hydrogen) atoms. The molecule has 0 spiro atoms. The normalized spacial score (nSPS) is 16.2. The molecule has 1 fully saturated rings. The third-order valence-corrected chi connectivity index (χ3v) is 3.05. The largest absolute Gasteiger partial charge is 0.507 e. The predicted molar refractivity (Wildman–Crippen MR) is 67.0 cm³/mol. The molecule has 1 N–H and O–H groups in total. The van der Waals surface area contributed by atoms with Gasteiger partial charge in [-0.15, -0.1) is 0 Å². The van der Waals surface area contributed by atoms with Crippen molar-refractivity contribution in [2.45, 2.75) is 19.3 Å². The van der Waals surface area contributed by atoms with Crippen LogP contribution in [0, 0.1) is 5.82 Å². The number of carbonyl (C=O) groups is 1. The summed E-state index contributed by atoms with van der Waals surface area (Å²) < 4.78 is 13.0. The highest BCUT2D eigenvalue weighted by atomic mass is 19.1. The molecule has 0 bridgehead atoms. The van der Waals surface area contributed by atoms with Crippen LogP contribution < -0.4 is 0 Å². The van der Waals surface area contributed by atoms with Gasteiger partial charge in [0.2, 0.25) is 0 Å². The third-order valence-electron chi connectivity index (χ3n) is 3.05. The Morgan fingerprint density at radius 1 is 1.28 bits per heavy atom. The molecule has 0 aromatic heterocycles. The van der Waals surface area contributed by atoms with Crippen LogP contribution in [0.2, 0.25) is 0 Å². The Labute approximate surface area is 106 Å². The first kappa shape index (κ1) is 12.6. The first-order chi connectivity index (χ1) is 8.66. The Hall–Kier alpha value is -1.84. The van der Waals surface area contributed by atoms with Crippen molar-refractivity contribution >= 4 is 5.78 Å². The second kappa shape index (κ2) is 5.67. The number of phenols is 1. The van der Waals surface area contributed by atoms with Crippen LogP contribution in [0.4, 0.5) is 4.39 Å². The van der Waals surface area contributed by atoms with Crippen LogP contribution in [0.3, 0.4) is 0 Å². The summed E-state index contributed by atoms with van der Waals surface area (Å²) in [5, 5.41) is 9.51. The standard InChI is InChI=1S/C14H16FNO2/c15-11-4-5-13(17)12(10-11)14(18)6-9-16-7-2-1-3-8-16/h4-6,9-10,17H,1-3,7-8H2/b9-6+. The number of hydrogen-bond donors (Lipinski definition) is 1. The van der Waals surface area contributed by atoms with Crippen molar-refractivity contribution in [1.29, 1.82) is 0 Å². The van der Waals surface area contributed by atoms with Gasteiger partial charge in [-0.25, -0.2) is 4.39 Å². The highest BCUT2D eigenvalue weighted by molar-refractivity contribution is 6.06. The molecule has 1 saturated heterocycles. The first-order valence-electron chi connectivity index (χ1n) is 6.12. The number of benzene rings is 1. The fraction of sp³-hybridized carbons (Fsp3) is 0.357. The molecule has 0 amide bonds. The average Bonchev–Trinajstić information content (AvgIpc) is 2.40. The van der Waals surface area contributed by atoms with Crippen molar-refractivity contribution in [2.75, 3.05) is 13.1 Å². The number of nitrogens with zero attached hydrogens (tertiary/aromatic N) is 1. The summed E-state index contributed by atoms with van der Waals surface area (Å²) in [6.07, 6.45) is 6.60. The number of carbonyl (C=O) groups excluding carboxylic acids is 1. The number of aromatic hydroxyl groups is 1. The summed E-state index contributed by atoms with van der Waals surface area (Å²) in [7, 11) is 0. The molecule has 0 radical (unpaired) electrons. The lowest BCUT2D eigenvalue weighted by molar-refractivity contribution is 0.104. The van der Waals surface area contributed by atoms with Crippen LogP contribution >= 0.6 is 0 Å². The Morgan fingerprint density at radius 2 is 2.00 bits per heavy atom. The number of halogens is 1. The molecule has 0 unspecified atom stereocenters. The summed E-state index contributed by atoms with van der Waals surface area (Å²) in [6, 6.07) is 3.37. The summed E-state index contributed by atoms with van der Waals surface area (Å²) in [5.74, 6) is -1.09. The number of allylic oxidation sites excluding steroid dienone is 1. The molecule has 1 aliphatic rings. The zero-order chi connectivity index (χ0) is 13.0. The highest BCUT2D eigenvalue weighted by Crippen LogP contribution is 2.19. The van der Waals surface area contributed by atoms with E-state index in [0.717, 1.165) is 38.1 Å². The topological polar surface area (TPSA) is 40.5 Å². The molecule has 1 aliphatic heterocycles. The van der Waals surface area contributed by atoms with E-state index in [1.807, 2.05) is 0 Å². The van der Waals surface area contributed by atoms with Crippen molar-refractivity contribution in [2.24, 2.45) is 0 Å². The predicted octanol–water partition coefficient (Wildman–Crippen LogP) is 2.71. The van der Waals surface area contributed by atoms with Gasteiger partial charge in [-0.05, 0) is 37.5 Å². The summed E-state index contributed by atoms with van der Waals surface area (Å²) >= 11 is 0. The molecule has 3 nitrogen and oxygen atoms in total. The second-order valence-electron chi connectivity index (χ2n) is 4.44. The molecule has 2 rings (SSSR count). The van der Waals surface area contributed by atoms with Gasteiger partial charge in [0.1, 0.15) is 11.6 Å². The number of phenolic OH excluding ortho intramolecular Hbond substituents is 1. The van der Waals surface area contributed by atoms with Crippen molar-refractivity contribution in [3.63, 3.8) is 0 Å². The Bertz CT molecular complexity index is 465. The lowest BCUT2D eigenvalue weighted by Gasteiger charge is -2.24. The summed E-state index contributed by atoms with van der Waals surface area (Å²) in [5.41, 5.74) is 0.00302. The third kappa shape index (κ3) is 3.09. The molecule has 0 saturated carbocycles.